The van der Waals surface area contributed by atoms with E-state index in [4.69, 9.17) is 4.74 Å². The Bertz CT molecular complexity index is 639. The van der Waals surface area contributed by atoms with Gasteiger partial charge in [0.25, 0.3) is 0 Å². The van der Waals surface area contributed by atoms with E-state index in [9.17, 15) is 9.59 Å². The van der Waals surface area contributed by atoms with Gasteiger partial charge in [0.15, 0.2) is 0 Å². The lowest BCUT2D eigenvalue weighted by molar-refractivity contribution is -0.136. The molecule has 3 rings (SSSR count). The molecule has 26 heavy (non-hydrogen) atoms. The third kappa shape index (κ3) is 3.57. The van der Waals surface area contributed by atoms with Gasteiger partial charge in [0, 0.05) is 25.6 Å². The van der Waals surface area contributed by atoms with Crippen molar-refractivity contribution in [2.24, 2.45) is 5.92 Å². The van der Waals surface area contributed by atoms with E-state index in [1.54, 1.807) is 7.11 Å². The molecular formula is C21H30N2O3. The van der Waals surface area contributed by atoms with Crippen molar-refractivity contribution in [3.63, 3.8) is 0 Å². The molecule has 0 radical (unpaired) electrons. The zero-order valence-corrected chi connectivity index (χ0v) is 16.1. The van der Waals surface area contributed by atoms with Crippen molar-refractivity contribution >= 4 is 11.8 Å². The molecule has 1 aromatic carbocycles. The molecule has 0 aromatic heterocycles. The van der Waals surface area contributed by atoms with Crippen molar-refractivity contribution in [2.75, 3.05) is 20.2 Å². The van der Waals surface area contributed by atoms with Crippen LogP contribution in [0.15, 0.2) is 24.3 Å². The number of hydrogen-bond acceptors (Lipinski definition) is 3. The molecule has 2 saturated heterocycles. The Labute approximate surface area is 156 Å². The number of methoxy groups -OCH3 is 1. The van der Waals surface area contributed by atoms with Crippen molar-refractivity contribution in [1.29, 1.82) is 0 Å². The van der Waals surface area contributed by atoms with E-state index < -0.39 is 0 Å². The molecule has 2 amide bonds. The Kier molecular flexibility index (Phi) is 5.84. The van der Waals surface area contributed by atoms with Gasteiger partial charge in [-0.25, -0.2) is 0 Å². The fourth-order valence-corrected chi connectivity index (χ4v) is 4.42. The van der Waals surface area contributed by atoms with Crippen LogP contribution in [0, 0.1) is 5.92 Å². The van der Waals surface area contributed by atoms with Gasteiger partial charge in [-0.1, -0.05) is 26.0 Å². The number of carbonyl (C=O) groups excluding carboxylic acids is 2. The minimum atomic E-state index is -0.193. The molecule has 2 aliphatic rings. The smallest absolute Gasteiger partial charge is 0.228 e. The second-order valence-electron chi connectivity index (χ2n) is 7.38. The van der Waals surface area contributed by atoms with Gasteiger partial charge >= 0.3 is 0 Å². The third-order valence-electron chi connectivity index (χ3n) is 5.93. The molecule has 2 heterocycles. The summed E-state index contributed by atoms with van der Waals surface area (Å²) in [7, 11) is 1.66. The maximum atomic E-state index is 13.2. The van der Waals surface area contributed by atoms with E-state index in [0.29, 0.717) is 13.0 Å². The number of likely N-dealkylation sites (tertiary alicyclic amines) is 2. The average molecular weight is 358 g/mol. The van der Waals surface area contributed by atoms with Gasteiger partial charge in [-0.15, -0.1) is 0 Å². The molecule has 0 aliphatic carbocycles. The molecule has 2 fully saturated rings. The molecule has 1 aromatic rings. The summed E-state index contributed by atoms with van der Waals surface area (Å²) in [5.41, 5.74) is 1.15. The molecular weight excluding hydrogens is 328 g/mol. The van der Waals surface area contributed by atoms with Gasteiger partial charge < -0.3 is 14.5 Å². The highest BCUT2D eigenvalue weighted by Gasteiger charge is 2.41. The molecule has 2 atom stereocenters. The number of carbonyl (C=O) groups is 2. The number of rotatable bonds is 6. The summed E-state index contributed by atoms with van der Waals surface area (Å²) >= 11 is 0. The first-order chi connectivity index (χ1) is 12.6. The largest absolute Gasteiger partial charge is 0.497 e. The van der Waals surface area contributed by atoms with E-state index in [2.05, 4.69) is 13.8 Å². The van der Waals surface area contributed by atoms with Gasteiger partial charge in [0.05, 0.1) is 19.1 Å². The van der Waals surface area contributed by atoms with Crippen LogP contribution in [0.2, 0.25) is 0 Å². The van der Waals surface area contributed by atoms with Crippen molar-refractivity contribution in [1.82, 2.24) is 9.80 Å². The predicted molar refractivity (Wildman–Crippen MR) is 101 cm³/mol. The Morgan fingerprint density at radius 3 is 2.54 bits per heavy atom. The number of nitrogens with zero attached hydrogens (tertiary/aromatic N) is 2. The molecule has 5 heteroatoms. The summed E-state index contributed by atoms with van der Waals surface area (Å²) in [6.07, 6.45) is 4.25. The van der Waals surface area contributed by atoms with E-state index in [1.807, 2.05) is 34.1 Å². The first-order valence-corrected chi connectivity index (χ1v) is 9.82. The quantitative estimate of drug-likeness (QED) is 0.783. The van der Waals surface area contributed by atoms with E-state index >= 15 is 0 Å². The Morgan fingerprint density at radius 1 is 1.23 bits per heavy atom. The summed E-state index contributed by atoms with van der Waals surface area (Å²) in [5, 5.41) is 0. The van der Waals surface area contributed by atoms with Crippen molar-refractivity contribution in [3.8, 4) is 5.75 Å². The zero-order valence-electron chi connectivity index (χ0n) is 16.1. The molecule has 142 valence electrons. The van der Waals surface area contributed by atoms with Gasteiger partial charge in [0.2, 0.25) is 11.8 Å². The third-order valence-corrected chi connectivity index (χ3v) is 5.93. The van der Waals surface area contributed by atoms with Gasteiger partial charge in [0.1, 0.15) is 5.75 Å². The van der Waals surface area contributed by atoms with Gasteiger partial charge in [-0.05, 0) is 43.4 Å². The first-order valence-electron chi connectivity index (χ1n) is 9.82. The molecule has 0 spiro atoms. The lowest BCUT2D eigenvalue weighted by Gasteiger charge is -2.29. The second-order valence-corrected chi connectivity index (χ2v) is 7.38. The van der Waals surface area contributed by atoms with Crippen LogP contribution in [0.3, 0.4) is 0 Å². The van der Waals surface area contributed by atoms with Crippen LogP contribution < -0.4 is 4.74 Å². The second kappa shape index (κ2) is 8.11. The van der Waals surface area contributed by atoms with Crippen LogP contribution in [0.25, 0.3) is 0 Å². The molecule has 5 nitrogen and oxygen atoms in total. The fraction of sp³-hybridized carbons (Fsp3) is 0.619. The summed E-state index contributed by atoms with van der Waals surface area (Å²) < 4.78 is 5.23. The highest BCUT2D eigenvalue weighted by molar-refractivity contribution is 5.89. The number of amides is 2. The summed E-state index contributed by atoms with van der Waals surface area (Å²) in [6.45, 7) is 5.58. The normalized spacial score (nSPS) is 23.2. The average Bonchev–Trinajstić information content (AvgIpc) is 3.30. The van der Waals surface area contributed by atoms with Crippen molar-refractivity contribution in [2.45, 2.75) is 58.0 Å². The molecule has 2 aliphatic heterocycles. The van der Waals surface area contributed by atoms with Crippen LogP contribution in [0.1, 0.15) is 57.6 Å². The topological polar surface area (TPSA) is 49.9 Å². The van der Waals surface area contributed by atoms with Crippen LogP contribution in [-0.2, 0) is 9.59 Å². The predicted octanol–water partition coefficient (Wildman–Crippen LogP) is 3.40. The summed E-state index contributed by atoms with van der Waals surface area (Å²) in [5.74, 6) is 0.913. The number of benzene rings is 1. The van der Waals surface area contributed by atoms with Crippen LogP contribution in [-0.4, -0.2) is 47.9 Å². The standard InChI is InChI=1S/C21H30N2O3/c1-4-17(5-2)23-14-16(13-20(23)24)21(25)22-12-6-7-19(22)15-8-10-18(26-3)11-9-15/h8-11,16-17,19H,4-7,12-14H2,1-3H3. The van der Waals surface area contributed by atoms with Crippen molar-refractivity contribution < 1.29 is 14.3 Å². The lowest BCUT2D eigenvalue weighted by Crippen LogP contribution is -2.39. The highest BCUT2D eigenvalue weighted by Crippen LogP contribution is 2.35. The molecule has 2 unspecified atom stereocenters. The minimum absolute atomic E-state index is 0.116. The van der Waals surface area contributed by atoms with Crippen LogP contribution >= 0.6 is 0 Å². The molecule has 0 N–H and O–H groups in total. The highest BCUT2D eigenvalue weighted by atomic mass is 16.5. The Hall–Kier alpha value is -2.04. The van der Waals surface area contributed by atoms with Crippen LogP contribution in [0.5, 0.6) is 5.75 Å². The van der Waals surface area contributed by atoms with Crippen LogP contribution in [0.4, 0.5) is 0 Å². The van der Waals surface area contributed by atoms with E-state index in [-0.39, 0.29) is 29.8 Å². The maximum Gasteiger partial charge on any atom is 0.228 e. The van der Waals surface area contributed by atoms with Gasteiger partial charge in [-0.2, -0.15) is 0 Å². The molecule has 0 saturated carbocycles. The van der Waals surface area contributed by atoms with E-state index in [0.717, 1.165) is 43.5 Å². The first kappa shape index (κ1) is 18.7. The fourth-order valence-electron chi connectivity index (χ4n) is 4.42. The number of hydrogen-bond donors (Lipinski definition) is 0. The monoisotopic (exact) mass is 358 g/mol. The Morgan fingerprint density at radius 2 is 1.92 bits per heavy atom. The lowest BCUT2D eigenvalue weighted by atomic mass is 10.0. The van der Waals surface area contributed by atoms with Crippen molar-refractivity contribution in [3.05, 3.63) is 29.8 Å². The SMILES string of the molecule is CCC(CC)N1CC(C(=O)N2CCCC2c2ccc(OC)cc2)CC1=O. The van der Waals surface area contributed by atoms with E-state index in [1.165, 1.54) is 0 Å². The minimum Gasteiger partial charge on any atom is -0.497 e. The molecule has 0 bridgehead atoms. The van der Waals surface area contributed by atoms with Gasteiger partial charge in [-0.3, -0.25) is 9.59 Å². The number of ether oxygens (including phenoxy) is 1. The zero-order chi connectivity index (χ0) is 18.7. The summed E-state index contributed by atoms with van der Waals surface area (Å²) in [6, 6.07) is 8.37. The summed E-state index contributed by atoms with van der Waals surface area (Å²) in [4.78, 5) is 29.5. The Balaban J connectivity index is 1.71. The maximum absolute atomic E-state index is 13.2.